The first kappa shape index (κ1) is 24.3. The van der Waals surface area contributed by atoms with Crippen molar-refractivity contribution in [2.45, 2.75) is 4.90 Å². The topological polar surface area (TPSA) is 157 Å². The summed E-state index contributed by atoms with van der Waals surface area (Å²) in [6.07, 6.45) is 0. The third-order valence-corrected chi connectivity index (χ3v) is 5.50. The summed E-state index contributed by atoms with van der Waals surface area (Å²) < 4.78 is 31.2. The number of carbonyl (C=O) groups excluding carboxylic acids is 2. The van der Waals surface area contributed by atoms with Crippen LogP contribution in [0, 0.1) is 10.1 Å². The fourth-order valence-corrected chi connectivity index (χ4v) is 3.81. The van der Waals surface area contributed by atoms with E-state index in [1.165, 1.54) is 31.3 Å². The first-order chi connectivity index (χ1) is 14.5. The van der Waals surface area contributed by atoms with Crippen molar-refractivity contribution in [3.05, 3.63) is 56.6 Å². The lowest BCUT2D eigenvalue weighted by Crippen LogP contribution is -2.32. The van der Waals surface area contributed by atoms with Gasteiger partial charge in [0.15, 0.2) is 6.61 Å². The van der Waals surface area contributed by atoms with Gasteiger partial charge < -0.3 is 15.4 Å². The number of halogens is 2. The first-order valence-corrected chi connectivity index (χ1v) is 10.6. The Bertz CT molecular complexity index is 1110. The van der Waals surface area contributed by atoms with Crippen LogP contribution in [0.1, 0.15) is 0 Å². The van der Waals surface area contributed by atoms with Crippen molar-refractivity contribution in [1.82, 2.24) is 4.72 Å². The summed E-state index contributed by atoms with van der Waals surface area (Å²) in [5.41, 5.74) is -0.0491. The Kier molecular flexibility index (Phi) is 8.16. The standard InChI is InChI=1S/C17H16Cl2N4O7S/c1-20-14-3-2-13(7-15(14)23(26)27)31(28,29)21-8-17(25)30-9-16(24)22-12-5-10(18)4-11(19)6-12/h2-7,20-21H,8-9H2,1H3,(H,22,24). The minimum Gasteiger partial charge on any atom is -0.455 e. The van der Waals surface area contributed by atoms with Gasteiger partial charge in [0.05, 0.1) is 9.82 Å². The summed E-state index contributed by atoms with van der Waals surface area (Å²) in [5.74, 6) is -1.74. The molecule has 0 atom stereocenters. The molecule has 0 bridgehead atoms. The number of nitrogens with one attached hydrogen (secondary N) is 3. The number of benzene rings is 2. The summed E-state index contributed by atoms with van der Waals surface area (Å²) >= 11 is 11.6. The van der Waals surface area contributed by atoms with Crippen LogP contribution < -0.4 is 15.4 Å². The Morgan fingerprint density at radius 2 is 1.77 bits per heavy atom. The molecule has 0 saturated heterocycles. The molecule has 0 heterocycles. The molecule has 0 unspecified atom stereocenters. The smallest absolute Gasteiger partial charge is 0.321 e. The molecule has 31 heavy (non-hydrogen) atoms. The molecule has 3 N–H and O–H groups in total. The summed E-state index contributed by atoms with van der Waals surface area (Å²) in [4.78, 5) is 33.5. The Morgan fingerprint density at radius 1 is 1.13 bits per heavy atom. The zero-order chi connectivity index (χ0) is 23.2. The normalized spacial score (nSPS) is 10.9. The number of carbonyl (C=O) groups is 2. The molecule has 0 aliphatic rings. The summed E-state index contributed by atoms with van der Waals surface area (Å²) in [5, 5.41) is 16.6. The molecule has 0 aromatic heterocycles. The van der Waals surface area contributed by atoms with Crippen molar-refractivity contribution in [3.8, 4) is 0 Å². The predicted octanol–water partition coefficient (Wildman–Crippen LogP) is 2.40. The van der Waals surface area contributed by atoms with E-state index < -0.39 is 50.6 Å². The molecule has 0 spiro atoms. The van der Waals surface area contributed by atoms with Crippen LogP contribution in [0.4, 0.5) is 17.1 Å². The van der Waals surface area contributed by atoms with Gasteiger partial charge in [-0.25, -0.2) is 8.42 Å². The number of amides is 1. The summed E-state index contributed by atoms with van der Waals surface area (Å²) in [6.45, 7) is -1.48. The number of rotatable bonds is 9. The van der Waals surface area contributed by atoms with E-state index >= 15 is 0 Å². The lowest BCUT2D eigenvalue weighted by molar-refractivity contribution is -0.384. The molecular weight excluding hydrogens is 475 g/mol. The highest BCUT2D eigenvalue weighted by Gasteiger charge is 2.22. The van der Waals surface area contributed by atoms with Gasteiger partial charge in [-0.3, -0.25) is 19.7 Å². The van der Waals surface area contributed by atoms with Gasteiger partial charge in [0.2, 0.25) is 10.0 Å². The van der Waals surface area contributed by atoms with Crippen LogP contribution in [0.3, 0.4) is 0 Å². The molecule has 1 amide bonds. The number of nitro groups is 1. The summed E-state index contributed by atoms with van der Waals surface area (Å²) in [7, 11) is -2.80. The Labute approximate surface area is 186 Å². The monoisotopic (exact) mass is 490 g/mol. The molecular formula is C17H16Cl2N4O7S. The fourth-order valence-electron chi connectivity index (χ4n) is 2.30. The van der Waals surface area contributed by atoms with E-state index in [1.54, 1.807) is 0 Å². The van der Waals surface area contributed by atoms with Crippen LogP contribution in [-0.4, -0.2) is 45.4 Å². The maximum absolute atomic E-state index is 12.3. The maximum Gasteiger partial charge on any atom is 0.321 e. The van der Waals surface area contributed by atoms with Crippen LogP contribution in [0.2, 0.25) is 10.0 Å². The van der Waals surface area contributed by atoms with Gasteiger partial charge in [0.1, 0.15) is 12.2 Å². The molecule has 0 radical (unpaired) electrons. The van der Waals surface area contributed by atoms with Gasteiger partial charge in [-0.2, -0.15) is 4.72 Å². The van der Waals surface area contributed by atoms with Crippen molar-refractivity contribution < 1.29 is 27.7 Å². The minimum atomic E-state index is -4.25. The van der Waals surface area contributed by atoms with Crippen LogP contribution in [-0.2, 0) is 24.3 Å². The van der Waals surface area contributed by atoms with Gasteiger partial charge in [0, 0.05) is 28.8 Å². The van der Waals surface area contributed by atoms with Gasteiger partial charge in [0.25, 0.3) is 11.6 Å². The molecule has 0 aliphatic heterocycles. The second-order valence-corrected chi connectivity index (χ2v) is 8.52. The molecule has 0 aliphatic carbocycles. The van der Waals surface area contributed by atoms with Crippen LogP contribution in [0.25, 0.3) is 0 Å². The van der Waals surface area contributed by atoms with E-state index in [-0.39, 0.29) is 21.4 Å². The number of anilines is 2. The molecule has 0 fully saturated rings. The average Bonchev–Trinajstić information content (AvgIpc) is 2.69. The fraction of sp³-hybridized carbons (Fsp3) is 0.176. The van der Waals surface area contributed by atoms with E-state index in [4.69, 9.17) is 27.9 Å². The third kappa shape index (κ3) is 7.07. The number of sulfonamides is 1. The van der Waals surface area contributed by atoms with E-state index in [0.29, 0.717) is 0 Å². The van der Waals surface area contributed by atoms with Crippen LogP contribution in [0.15, 0.2) is 41.3 Å². The second-order valence-electron chi connectivity index (χ2n) is 5.88. The van der Waals surface area contributed by atoms with Crippen molar-refractivity contribution in [1.29, 1.82) is 0 Å². The van der Waals surface area contributed by atoms with E-state index in [2.05, 4.69) is 10.6 Å². The molecule has 2 rings (SSSR count). The second kappa shape index (κ2) is 10.4. The number of ether oxygens (including phenoxy) is 1. The average molecular weight is 491 g/mol. The van der Waals surface area contributed by atoms with Crippen LogP contribution in [0.5, 0.6) is 0 Å². The van der Waals surface area contributed by atoms with Crippen molar-refractivity contribution in [2.75, 3.05) is 30.8 Å². The van der Waals surface area contributed by atoms with Gasteiger partial charge >= 0.3 is 5.97 Å². The zero-order valence-electron chi connectivity index (χ0n) is 15.8. The lowest BCUT2D eigenvalue weighted by atomic mass is 10.3. The lowest BCUT2D eigenvalue weighted by Gasteiger charge is -2.09. The number of hydrogen-bond acceptors (Lipinski definition) is 8. The number of nitro benzene ring substituents is 1. The Balaban J connectivity index is 1.92. The highest BCUT2D eigenvalue weighted by atomic mass is 35.5. The number of hydrogen-bond donors (Lipinski definition) is 3. The molecule has 11 nitrogen and oxygen atoms in total. The van der Waals surface area contributed by atoms with Crippen molar-refractivity contribution in [2.24, 2.45) is 0 Å². The maximum atomic E-state index is 12.3. The predicted molar refractivity (Wildman–Crippen MR) is 114 cm³/mol. The zero-order valence-corrected chi connectivity index (χ0v) is 18.2. The Hall–Kier alpha value is -2.93. The van der Waals surface area contributed by atoms with Crippen LogP contribution >= 0.6 is 23.2 Å². The van der Waals surface area contributed by atoms with Crippen molar-refractivity contribution >= 4 is 62.2 Å². The van der Waals surface area contributed by atoms with Gasteiger partial charge in [-0.05, 0) is 30.3 Å². The minimum absolute atomic E-state index is 0.121. The molecule has 2 aromatic carbocycles. The van der Waals surface area contributed by atoms with Gasteiger partial charge in [-0.15, -0.1) is 0 Å². The van der Waals surface area contributed by atoms with E-state index in [0.717, 1.165) is 12.1 Å². The molecule has 2 aromatic rings. The quantitative estimate of drug-likeness (QED) is 0.274. The Morgan fingerprint density at radius 3 is 2.35 bits per heavy atom. The van der Waals surface area contributed by atoms with E-state index in [1.807, 2.05) is 4.72 Å². The number of esters is 1. The highest BCUT2D eigenvalue weighted by molar-refractivity contribution is 7.89. The summed E-state index contributed by atoms with van der Waals surface area (Å²) in [6, 6.07) is 7.53. The first-order valence-electron chi connectivity index (χ1n) is 8.39. The molecule has 166 valence electrons. The van der Waals surface area contributed by atoms with Crippen molar-refractivity contribution in [3.63, 3.8) is 0 Å². The molecule has 0 saturated carbocycles. The van der Waals surface area contributed by atoms with Gasteiger partial charge in [-0.1, -0.05) is 23.2 Å². The third-order valence-electron chi connectivity index (χ3n) is 3.66. The number of nitrogens with zero attached hydrogens (tertiary/aromatic N) is 1. The highest BCUT2D eigenvalue weighted by Crippen LogP contribution is 2.27. The largest absolute Gasteiger partial charge is 0.455 e. The SMILES string of the molecule is CNc1ccc(S(=O)(=O)NCC(=O)OCC(=O)Nc2cc(Cl)cc(Cl)c2)cc1[N+](=O)[O-]. The van der Waals surface area contributed by atoms with E-state index in [9.17, 15) is 28.1 Å². The molecule has 14 heteroatoms.